The van der Waals surface area contributed by atoms with Crippen molar-refractivity contribution in [1.29, 1.82) is 0 Å². The standard InChI is InChI=1S/C11H17N3OS/c1-8-2-3-14(9(4-8)5-12)11(15)10-6-13-7-16-10/h6-9H,2-5,12H2,1H3. The van der Waals surface area contributed by atoms with Gasteiger partial charge >= 0.3 is 0 Å². The third-order valence-electron chi connectivity index (χ3n) is 3.15. The number of likely N-dealkylation sites (tertiary alicyclic amines) is 1. The van der Waals surface area contributed by atoms with Gasteiger partial charge in [-0.15, -0.1) is 11.3 Å². The zero-order valence-corrected chi connectivity index (χ0v) is 10.2. The molecule has 1 aliphatic heterocycles. The minimum atomic E-state index is 0.0878. The summed E-state index contributed by atoms with van der Waals surface area (Å²) in [4.78, 5) is 18.7. The van der Waals surface area contributed by atoms with Gasteiger partial charge in [-0.05, 0) is 18.8 Å². The molecule has 0 saturated carbocycles. The Morgan fingerprint density at radius 1 is 1.75 bits per heavy atom. The smallest absolute Gasteiger partial charge is 0.265 e. The molecule has 2 atom stereocenters. The maximum absolute atomic E-state index is 12.2. The molecule has 1 aliphatic rings. The number of aromatic nitrogens is 1. The van der Waals surface area contributed by atoms with Gasteiger partial charge in [-0.3, -0.25) is 9.78 Å². The van der Waals surface area contributed by atoms with Gasteiger partial charge in [0, 0.05) is 19.1 Å². The van der Waals surface area contributed by atoms with Gasteiger partial charge in [0.2, 0.25) is 0 Å². The molecule has 2 rings (SSSR count). The number of nitrogens with zero attached hydrogens (tertiary/aromatic N) is 2. The van der Waals surface area contributed by atoms with E-state index in [0.29, 0.717) is 17.3 Å². The number of carbonyl (C=O) groups excluding carboxylic acids is 1. The Bertz CT molecular complexity index is 352. The zero-order chi connectivity index (χ0) is 11.5. The van der Waals surface area contributed by atoms with Crippen molar-refractivity contribution in [3.8, 4) is 0 Å². The fourth-order valence-corrected chi connectivity index (χ4v) is 2.78. The van der Waals surface area contributed by atoms with Gasteiger partial charge < -0.3 is 10.6 Å². The first-order valence-electron chi connectivity index (χ1n) is 5.62. The van der Waals surface area contributed by atoms with Crippen molar-refractivity contribution in [3.63, 3.8) is 0 Å². The molecule has 5 heteroatoms. The van der Waals surface area contributed by atoms with Crippen LogP contribution in [-0.2, 0) is 0 Å². The van der Waals surface area contributed by atoms with Crippen molar-refractivity contribution in [2.75, 3.05) is 13.1 Å². The van der Waals surface area contributed by atoms with Crippen LogP contribution < -0.4 is 5.73 Å². The molecule has 0 bridgehead atoms. The van der Waals surface area contributed by atoms with E-state index in [2.05, 4.69) is 11.9 Å². The molecular formula is C11H17N3OS. The van der Waals surface area contributed by atoms with Crippen LogP contribution in [0.15, 0.2) is 11.7 Å². The summed E-state index contributed by atoms with van der Waals surface area (Å²) in [7, 11) is 0. The van der Waals surface area contributed by atoms with Gasteiger partial charge in [0.15, 0.2) is 0 Å². The summed E-state index contributed by atoms with van der Waals surface area (Å²) in [6, 6.07) is 0.193. The Kier molecular flexibility index (Phi) is 3.56. The first-order chi connectivity index (χ1) is 7.72. The minimum Gasteiger partial charge on any atom is -0.334 e. The van der Waals surface area contributed by atoms with Crippen LogP contribution in [-0.4, -0.2) is 34.9 Å². The Labute approximate surface area is 99.5 Å². The molecule has 2 unspecified atom stereocenters. The van der Waals surface area contributed by atoms with E-state index in [9.17, 15) is 4.79 Å². The normalized spacial score (nSPS) is 25.8. The van der Waals surface area contributed by atoms with E-state index in [1.54, 1.807) is 11.7 Å². The molecule has 0 radical (unpaired) electrons. The Balaban J connectivity index is 2.10. The van der Waals surface area contributed by atoms with Crippen molar-refractivity contribution in [2.24, 2.45) is 11.7 Å². The molecule has 1 saturated heterocycles. The first kappa shape index (κ1) is 11.5. The fourth-order valence-electron chi connectivity index (χ4n) is 2.21. The van der Waals surface area contributed by atoms with Gasteiger partial charge in [-0.1, -0.05) is 6.92 Å². The fraction of sp³-hybridized carbons (Fsp3) is 0.636. The molecule has 2 heterocycles. The van der Waals surface area contributed by atoms with Gasteiger partial charge in [0.1, 0.15) is 4.88 Å². The van der Waals surface area contributed by atoms with Crippen molar-refractivity contribution in [1.82, 2.24) is 9.88 Å². The predicted molar refractivity (Wildman–Crippen MR) is 64.4 cm³/mol. The van der Waals surface area contributed by atoms with Gasteiger partial charge in [0.05, 0.1) is 11.7 Å². The van der Waals surface area contributed by atoms with Crippen molar-refractivity contribution in [3.05, 3.63) is 16.6 Å². The molecule has 1 aromatic rings. The molecule has 0 spiro atoms. The highest BCUT2D eigenvalue weighted by Gasteiger charge is 2.29. The number of thiazole rings is 1. The number of rotatable bonds is 2. The molecule has 16 heavy (non-hydrogen) atoms. The van der Waals surface area contributed by atoms with Crippen LogP contribution in [0.1, 0.15) is 29.4 Å². The Hall–Kier alpha value is -0.940. The van der Waals surface area contributed by atoms with E-state index in [-0.39, 0.29) is 11.9 Å². The van der Waals surface area contributed by atoms with Gasteiger partial charge in [-0.25, -0.2) is 0 Å². The third-order valence-corrected chi connectivity index (χ3v) is 3.92. The number of hydrogen-bond acceptors (Lipinski definition) is 4. The van der Waals surface area contributed by atoms with E-state index in [4.69, 9.17) is 5.73 Å². The number of piperidine rings is 1. The monoisotopic (exact) mass is 239 g/mol. The number of hydrogen-bond donors (Lipinski definition) is 1. The lowest BCUT2D eigenvalue weighted by Gasteiger charge is -2.37. The lowest BCUT2D eigenvalue weighted by atomic mass is 9.92. The maximum Gasteiger partial charge on any atom is 0.265 e. The van der Waals surface area contributed by atoms with Crippen molar-refractivity contribution >= 4 is 17.2 Å². The Morgan fingerprint density at radius 3 is 3.19 bits per heavy atom. The minimum absolute atomic E-state index is 0.0878. The second-order valence-electron chi connectivity index (χ2n) is 4.38. The lowest BCUT2D eigenvalue weighted by Crippen LogP contribution is -2.49. The van der Waals surface area contributed by atoms with Crippen LogP contribution in [0.2, 0.25) is 0 Å². The second kappa shape index (κ2) is 4.93. The van der Waals surface area contributed by atoms with Crippen LogP contribution in [0.5, 0.6) is 0 Å². The van der Waals surface area contributed by atoms with Crippen LogP contribution >= 0.6 is 11.3 Å². The zero-order valence-electron chi connectivity index (χ0n) is 9.43. The molecule has 1 aromatic heterocycles. The molecule has 4 nitrogen and oxygen atoms in total. The van der Waals surface area contributed by atoms with Crippen LogP contribution in [0, 0.1) is 5.92 Å². The number of amides is 1. The Morgan fingerprint density at radius 2 is 2.56 bits per heavy atom. The molecule has 1 amide bonds. The van der Waals surface area contributed by atoms with E-state index in [0.717, 1.165) is 19.4 Å². The van der Waals surface area contributed by atoms with E-state index in [1.165, 1.54) is 11.3 Å². The number of nitrogens with two attached hydrogens (primary N) is 1. The average molecular weight is 239 g/mol. The van der Waals surface area contributed by atoms with Crippen LogP contribution in [0.3, 0.4) is 0 Å². The summed E-state index contributed by atoms with van der Waals surface area (Å²) >= 11 is 1.39. The second-order valence-corrected chi connectivity index (χ2v) is 5.27. The summed E-state index contributed by atoms with van der Waals surface area (Å²) in [6.45, 7) is 3.59. The number of carbonyl (C=O) groups is 1. The first-order valence-corrected chi connectivity index (χ1v) is 6.50. The summed E-state index contributed by atoms with van der Waals surface area (Å²) in [5.41, 5.74) is 7.43. The highest BCUT2D eigenvalue weighted by molar-refractivity contribution is 7.11. The summed E-state index contributed by atoms with van der Waals surface area (Å²) in [5, 5.41) is 0. The predicted octanol–water partition coefficient (Wildman–Crippen LogP) is 1.34. The van der Waals surface area contributed by atoms with E-state index in [1.807, 2.05) is 4.90 Å². The quantitative estimate of drug-likeness (QED) is 0.847. The lowest BCUT2D eigenvalue weighted by molar-refractivity contribution is 0.0578. The van der Waals surface area contributed by atoms with E-state index < -0.39 is 0 Å². The molecular weight excluding hydrogens is 222 g/mol. The molecule has 0 aromatic carbocycles. The highest BCUT2D eigenvalue weighted by atomic mass is 32.1. The van der Waals surface area contributed by atoms with Crippen LogP contribution in [0.4, 0.5) is 0 Å². The largest absolute Gasteiger partial charge is 0.334 e. The molecule has 1 fully saturated rings. The van der Waals surface area contributed by atoms with Crippen LogP contribution in [0.25, 0.3) is 0 Å². The summed E-state index contributed by atoms with van der Waals surface area (Å²) in [6.07, 6.45) is 3.72. The molecule has 0 aliphatic carbocycles. The highest BCUT2D eigenvalue weighted by Crippen LogP contribution is 2.24. The van der Waals surface area contributed by atoms with Crippen molar-refractivity contribution < 1.29 is 4.79 Å². The van der Waals surface area contributed by atoms with Gasteiger partial charge in [0.25, 0.3) is 5.91 Å². The third kappa shape index (κ3) is 2.25. The summed E-state index contributed by atoms with van der Waals surface area (Å²) in [5.74, 6) is 0.754. The summed E-state index contributed by atoms with van der Waals surface area (Å²) < 4.78 is 0. The van der Waals surface area contributed by atoms with E-state index >= 15 is 0 Å². The van der Waals surface area contributed by atoms with Gasteiger partial charge in [-0.2, -0.15) is 0 Å². The topological polar surface area (TPSA) is 59.2 Å². The average Bonchev–Trinajstić information content (AvgIpc) is 2.81. The van der Waals surface area contributed by atoms with Crippen molar-refractivity contribution in [2.45, 2.75) is 25.8 Å². The molecule has 2 N–H and O–H groups in total. The maximum atomic E-state index is 12.2. The molecule has 88 valence electrons. The SMILES string of the molecule is CC1CCN(C(=O)c2cncs2)C(CN)C1.